The minimum Gasteiger partial charge on any atom is -0.361 e. The van der Waals surface area contributed by atoms with Crippen molar-refractivity contribution in [2.75, 3.05) is 6.54 Å². The molecule has 7 nitrogen and oxygen atoms in total. The first-order valence-corrected chi connectivity index (χ1v) is 15.0. The largest absolute Gasteiger partial charge is 0.361 e. The zero-order valence-corrected chi connectivity index (χ0v) is 24.9. The highest BCUT2D eigenvalue weighted by molar-refractivity contribution is 7.80. The van der Waals surface area contributed by atoms with Crippen molar-refractivity contribution in [2.24, 2.45) is 0 Å². The van der Waals surface area contributed by atoms with Crippen LogP contribution in [0.4, 0.5) is 0 Å². The third-order valence-electron chi connectivity index (χ3n) is 7.61. The number of pyridine rings is 1. The molecule has 6 rings (SSSR count). The molecule has 2 heterocycles. The van der Waals surface area contributed by atoms with Crippen LogP contribution in [0.1, 0.15) is 39.3 Å². The van der Waals surface area contributed by atoms with Crippen LogP contribution in [0.25, 0.3) is 10.9 Å². The molecule has 3 N–H and O–H groups in total. The van der Waals surface area contributed by atoms with Crippen LogP contribution >= 0.6 is 12.2 Å². The summed E-state index contributed by atoms with van der Waals surface area (Å²) in [6.07, 6.45) is 5.62. The Kier molecular flexibility index (Phi) is 8.70. The number of benzene rings is 4. The van der Waals surface area contributed by atoms with Gasteiger partial charge in [-0.3, -0.25) is 15.6 Å². The van der Waals surface area contributed by atoms with Crippen molar-refractivity contribution < 1.29 is 4.79 Å². The first kappa shape index (κ1) is 28.8. The number of hydrogen-bond acceptors (Lipinski definition) is 4. The second-order valence-corrected chi connectivity index (χ2v) is 10.8. The monoisotopic (exact) mass is 596 g/mol. The van der Waals surface area contributed by atoms with Gasteiger partial charge in [0.25, 0.3) is 5.91 Å². The third kappa shape index (κ3) is 6.07. The Bertz CT molecular complexity index is 1760. The number of imidazole rings is 1. The van der Waals surface area contributed by atoms with Crippen molar-refractivity contribution in [1.29, 1.82) is 0 Å². The summed E-state index contributed by atoms with van der Waals surface area (Å²) in [5.74, 6) is -0.357. The van der Waals surface area contributed by atoms with Crippen LogP contribution in [0.2, 0.25) is 0 Å². The van der Waals surface area contributed by atoms with E-state index in [4.69, 9.17) is 17.2 Å². The maximum absolute atomic E-state index is 12.6. The van der Waals surface area contributed by atoms with Crippen LogP contribution in [0.15, 0.2) is 140 Å². The smallest absolute Gasteiger partial charge is 0.288 e. The lowest BCUT2D eigenvalue weighted by Gasteiger charge is -2.37. The second-order valence-electron chi connectivity index (χ2n) is 10.4. The van der Waals surface area contributed by atoms with Crippen LogP contribution in [-0.2, 0) is 12.0 Å². The summed E-state index contributed by atoms with van der Waals surface area (Å²) < 4.78 is 2.22. The second kappa shape index (κ2) is 13.3. The number of nitrogens with zero attached hydrogens (tertiary/aromatic N) is 3. The Labute approximate surface area is 262 Å². The third-order valence-corrected chi connectivity index (χ3v) is 7.86. The Morgan fingerprint density at radius 3 is 1.95 bits per heavy atom. The molecule has 0 aliphatic carbocycles. The van der Waals surface area contributed by atoms with Gasteiger partial charge in [-0.2, -0.15) is 0 Å². The van der Waals surface area contributed by atoms with E-state index >= 15 is 0 Å². The predicted octanol–water partition coefficient (Wildman–Crippen LogP) is 6.01. The number of carbonyl (C=O) groups is 1. The maximum atomic E-state index is 12.6. The van der Waals surface area contributed by atoms with Gasteiger partial charge >= 0.3 is 0 Å². The molecule has 0 fully saturated rings. The van der Waals surface area contributed by atoms with Gasteiger partial charge in [0.15, 0.2) is 5.11 Å². The fourth-order valence-corrected chi connectivity index (χ4v) is 5.70. The molecule has 0 aliphatic rings. The molecule has 8 heteroatoms. The number of thiocarbonyl (C=S) groups is 1. The summed E-state index contributed by atoms with van der Waals surface area (Å²) in [6, 6.07) is 42.9. The number of amides is 1. The van der Waals surface area contributed by atoms with Crippen LogP contribution in [0, 0.1) is 0 Å². The Balaban J connectivity index is 1.10. The summed E-state index contributed by atoms with van der Waals surface area (Å²) in [4.78, 5) is 21.8. The minimum absolute atomic E-state index is 0.312. The van der Waals surface area contributed by atoms with Crippen LogP contribution in [-0.4, -0.2) is 32.1 Å². The fourth-order valence-electron chi connectivity index (χ4n) is 5.55. The van der Waals surface area contributed by atoms with E-state index in [1.54, 1.807) is 6.07 Å². The maximum Gasteiger partial charge on any atom is 0.288 e. The molecule has 0 saturated heterocycles. The number of para-hydroxylation sites is 1. The Morgan fingerprint density at radius 2 is 1.32 bits per heavy atom. The Morgan fingerprint density at radius 1 is 0.727 bits per heavy atom. The minimum atomic E-state index is -0.586. The highest BCUT2D eigenvalue weighted by Crippen LogP contribution is 2.40. The van der Waals surface area contributed by atoms with Gasteiger partial charge in [0.1, 0.15) is 11.2 Å². The number of hydrogen-bond donors (Lipinski definition) is 3. The summed E-state index contributed by atoms with van der Waals surface area (Å²) in [7, 11) is 0. The number of aryl methyl sites for hydroxylation is 1. The number of nitrogens with one attached hydrogen (secondary N) is 3. The lowest BCUT2D eigenvalue weighted by molar-refractivity contribution is 0.0939. The number of aromatic nitrogens is 3. The standard InChI is InChI=1S/C36H32N6OS/c43-34(33-23-22-27-13-10-11-21-32(27)39-33)40-41-35(44)37-24-12-20-31-25-42(26-38-31)36(28-14-4-1-5-15-28,29-16-6-2-7-17-29)30-18-8-3-9-19-30/h1-11,13-19,21-23,25-26H,12,20,24H2,(H,40,43)(H2,37,41,44). The lowest BCUT2D eigenvalue weighted by atomic mass is 9.77. The van der Waals surface area contributed by atoms with E-state index in [9.17, 15) is 4.79 Å². The highest BCUT2D eigenvalue weighted by Gasteiger charge is 2.38. The molecule has 44 heavy (non-hydrogen) atoms. The van der Waals surface area contributed by atoms with Gasteiger partial charge in [0.2, 0.25) is 0 Å². The van der Waals surface area contributed by atoms with Crippen molar-refractivity contribution in [2.45, 2.75) is 18.4 Å². The lowest BCUT2D eigenvalue weighted by Crippen LogP contribution is -2.47. The molecule has 218 valence electrons. The van der Waals surface area contributed by atoms with Crippen molar-refractivity contribution in [1.82, 2.24) is 30.7 Å². The van der Waals surface area contributed by atoms with Gasteiger partial charge in [0, 0.05) is 18.1 Å². The zero-order valence-electron chi connectivity index (χ0n) is 24.1. The average molecular weight is 597 g/mol. The van der Waals surface area contributed by atoms with Crippen LogP contribution < -0.4 is 16.2 Å². The first-order valence-electron chi connectivity index (χ1n) is 14.5. The number of hydrazine groups is 1. The molecule has 0 spiro atoms. The van der Waals surface area contributed by atoms with Gasteiger partial charge in [-0.15, -0.1) is 0 Å². The first-order chi connectivity index (χ1) is 21.6. The van der Waals surface area contributed by atoms with Crippen molar-refractivity contribution in [3.8, 4) is 0 Å². The molecule has 0 radical (unpaired) electrons. The average Bonchev–Trinajstić information content (AvgIpc) is 3.56. The van der Waals surface area contributed by atoms with Gasteiger partial charge in [-0.05, 0) is 53.9 Å². The number of carbonyl (C=O) groups excluding carboxylic acids is 1. The van der Waals surface area contributed by atoms with E-state index in [-0.39, 0.29) is 5.91 Å². The number of rotatable bonds is 9. The van der Waals surface area contributed by atoms with Gasteiger partial charge in [0.05, 0.1) is 17.5 Å². The molecule has 6 aromatic rings. The normalized spacial score (nSPS) is 11.2. The van der Waals surface area contributed by atoms with Crippen molar-refractivity contribution >= 4 is 34.1 Å². The van der Waals surface area contributed by atoms with E-state index in [1.165, 1.54) is 0 Å². The molecule has 1 amide bonds. The fraction of sp³-hybridized carbons (Fsp3) is 0.111. The van der Waals surface area contributed by atoms with E-state index < -0.39 is 5.54 Å². The molecular formula is C36H32N6OS. The van der Waals surface area contributed by atoms with Crippen molar-refractivity contribution in [3.63, 3.8) is 0 Å². The van der Waals surface area contributed by atoms with Gasteiger partial charge < -0.3 is 9.88 Å². The molecule has 0 aliphatic heterocycles. The van der Waals surface area contributed by atoms with E-state index in [0.29, 0.717) is 17.4 Å². The van der Waals surface area contributed by atoms with Gasteiger partial charge in [-0.25, -0.2) is 9.97 Å². The van der Waals surface area contributed by atoms with Crippen LogP contribution in [0.3, 0.4) is 0 Å². The molecule has 0 bridgehead atoms. The van der Waals surface area contributed by atoms with Gasteiger partial charge in [-0.1, -0.05) is 115 Å². The summed E-state index contributed by atoms with van der Waals surface area (Å²) >= 11 is 5.37. The summed E-state index contributed by atoms with van der Waals surface area (Å²) in [5.41, 5.74) is 10.3. The molecule has 0 unspecified atom stereocenters. The zero-order chi connectivity index (χ0) is 30.2. The highest BCUT2D eigenvalue weighted by atomic mass is 32.1. The summed E-state index contributed by atoms with van der Waals surface area (Å²) in [6.45, 7) is 0.615. The van der Waals surface area contributed by atoms with E-state index in [0.717, 1.165) is 46.1 Å². The summed E-state index contributed by atoms with van der Waals surface area (Å²) in [5, 5.41) is 4.47. The molecule has 0 saturated carbocycles. The van der Waals surface area contributed by atoms with Crippen molar-refractivity contribution in [3.05, 3.63) is 168 Å². The molecule has 2 aromatic heterocycles. The Hall–Kier alpha value is -5.34. The quantitative estimate of drug-likeness (QED) is 0.0821. The molecule has 0 atom stereocenters. The van der Waals surface area contributed by atoms with Crippen LogP contribution in [0.5, 0.6) is 0 Å². The van der Waals surface area contributed by atoms with E-state index in [1.807, 2.05) is 54.9 Å². The van der Waals surface area contributed by atoms with E-state index in [2.05, 4.69) is 105 Å². The predicted molar refractivity (Wildman–Crippen MR) is 178 cm³/mol. The topological polar surface area (TPSA) is 83.9 Å². The molecular weight excluding hydrogens is 565 g/mol. The SMILES string of the molecule is O=C(NNC(=S)NCCCc1cn(C(c2ccccc2)(c2ccccc2)c2ccccc2)cn1)c1ccc2ccccc2n1. The number of fused-ring (bicyclic) bond motifs is 1. The molecule has 4 aromatic carbocycles.